The van der Waals surface area contributed by atoms with E-state index in [-0.39, 0.29) is 31.2 Å². The molecule has 5 rings (SSSR count). The number of hydrogen-bond acceptors (Lipinski definition) is 10. The van der Waals surface area contributed by atoms with Crippen LogP contribution in [-0.2, 0) is 43.7 Å². The predicted molar refractivity (Wildman–Crippen MR) is 211 cm³/mol. The van der Waals surface area contributed by atoms with Crippen molar-refractivity contribution in [3.63, 3.8) is 0 Å². The number of aromatic nitrogens is 3. The Hall–Kier alpha value is -4.22. The molecule has 0 unspecified atom stereocenters. The number of nitrogens with one attached hydrogen (secondary N) is 3. The lowest BCUT2D eigenvalue weighted by molar-refractivity contribution is -0.134. The van der Waals surface area contributed by atoms with Crippen LogP contribution in [0.5, 0.6) is 0 Å². The average molecular weight is 798 g/mol. The quantitative estimate of drug-likeness (QED) is 0.0986. The van der Waals surface area contributed by atoms with Crippen molar-refractivity contribution in [3.05, 3.63) is 84.2 Å². The molecule has 5 atom stereocenters. The minimum atomic E-state index is -3.83. The second-order valence-electron chi connectivity index (χ2n) is 15.0. The monoisotopic (exact) mass is 797 g/mol. The fourth-order valence-electron chi connectivity index (χ4n) is 7.38. The number of carboxylic acids is 1. The summed E-state index contributed by atoms with van der Waals surface area (Å²) in [6.45, 7) is 1.68. The first-order chi connectivity index (χ1) is 26.8. The third-order valence-electron chi connectivity index (χ3n) is 10.5. The van der Waals surface area contributed by atoms with Gasteiger partial charge in [0.15, 0.2) is 0 Å². The summed E-state index contributed by atoms with van der Waals surface area (Å²) in [5.41, 5.74) is 8.14. The zero-order valence-electron chi connectivity index (χ0n) is 32.2. The molecule has 2 aliphatic rings. The van der Waals surface area contributed by atoms with Crippen LogP contribution in [0, 0.1) is 11.8 Å². The lowest BCUT2D eigenvalue weighted by atomic mass is 9.82. The molecule has 0 radical (unpaired) electrons. The highest BCUT2D eigenvalue weighted by Gasteiger charge is 2.36. The van der Waals surface area contributed by atoms with E-state index in [0.29, 0.717) is 44.5 Å². The van der Waals surface area contributed by atoms with Crippen molar-refractivity contribution in [3.8, 4) is 0 Å². The highest BCUT2D eigenvalue weighted by molar-refractivity contribution is 7.89. The van der Waals surface area contributed by atoms with E-state index in [2.05, 4.69) is 25.6 Å². The molecule has 1 aliphatic carbocycles. The van der Waals surface area contributed by atoms with E-state index < -0.39 is 63.8 Å². The molecule has 1 aliphatic heterocycles. The van der Waals surface area contributed by atoms with Gasteiger partial charge in [-0.25, -0.2) is 17.7 Å². The van der Waals surface area contributed by atoms with Crippen LogP contribution in [0.2, 0.25) is 0 Å². The Balaban J connectivity index is 0.00000166. The number of sulfonamides is 1. The molecule has 3 heterocycles. The molecule has 2 amide bonds. The molecular weight excluding hydrogens is 739 g/mol. The van der Waals surface area contributed by atoms with Crippen LogP contribution >= 0.6 is 0 Å². The Morgan fingerprint density at radius 3 is 2.21 bits per heavy atom. The Morgan fingerprint density at radius 1 is 0.911 bits per heavy atom. The maximum atomic E-state index is 14.2. The van der Waals surface area contributed by atoms with Gasteiger partial charge in [-0.1, -0.05) is 68.5 Å². The highest BCUT2D eigenvalue weighted by atomic mass is 32.2. The molecule has 3 aromatic rings. The smallest absolute Gasteiger partial charge is 0.300 e. The van der Waals surface area contributed by atoms with Crippen LogP contribution < -0.4 is 16.4 Å². The summed E-state index contributed by atoms with van der Waals surface area (Å²) in [6.07, 6.45) is 10.1. The molecular formula is C40H59N7O8S. The van der Waals surface area contributed by atoms with E-state index in [1.165, 1.54) is 10.6 Å². The van der Waals surface area contributed by atoms with E-state index in [9.17, 15) is 28.2 Å². The maximum absolute atomic E-state index is 14.2. The van der Waals surface area contributed by atoms with Crippen LogP contribution in [0.25, 0.3) is 0 Å². The summed E-state index contributed by atoms with van der Waals surface area (Å²) >= 11 is 0. The SMILES string of the molecule is CC(=O)O.NC1CCN(S(=O)(=O)C[C@H](Cc2ccccc2)C(=O)N[C@@H](Cc2c[nH]cn2)C(=O)N[C@@H](CC2CCCCC2)[C@@H](O)[C@@H](O)CCc2ccccn2)CC1. The number of aromatic amines is 1. The summed E-state index contributed by atoms with van der Waals surface area (Å²) in [5.74, 6) is -3.10. The lowest BCUT2D eigenvalue weighted by Gasteiger charge is -2.33. The molecule has 8 N–H and O–H groups in total. The summed E-state index contributed by atoms with van der Waals surface area (Å²) in [7, 11) is -3.83. The maximum Gasteiger partial charge on any atom is 0.300 e. The van der Waals surface area contributed by atoms with Crippen LogP contribution in [0.3, 0.4) is 0 Å². The van der Waals surface area contributed by atoms with Gasteiger partial charge in [0.05, 0.1) is 35.8 Å². The first-order valence-electron chi connectivity index (χ1n) is 19.6. The number of H-pyrrole nitrogens is 1. The zero-order valence-corrected chi connectivity index (χ0v) is 33.0. The fraction of sp³-hybridized carbons (Fsp3) is 0.575. The number of nitrogens with zero attached hydrogens (tertiary/aromatic N) is 3. The molecule has 1 saturated carbocycles. The summed E-state index contributed by atoms with van der Waals surface area (Å²) in [6, 6.07) is 12.8. The number of piperidine rings is 1. The van der Waals surface area contributed by atoms with Crippen LogP contribution in [0.1, 0.15) is 81.7 Å². The second kappa shape index (κ2) is 22.5. The van der Waals surface area contributed by atoms with E-state index in [1.54, 1.807) is 12.4 Å². The van der Waals surface area contributed by atoms with Gasteiger partial charge in [-0.05, 0) is 62.1 Å². The van der Waals surface area contributed by atoms with Crippen molar-refractivity contribution in [1.82, 2.24) is 29.9 Å². The molecule has 308 valence electrons. The molecule has 1 saturated heterocycles. The molecule has 0 bridgehead atoms. The minimum Gasteiger partial charge on any atom is -0.481 e. The van der Waals surface area contributed by atoms with Gasteiger partial charge in [0, 0.05) is 50.6 Å². The standard InChI is InChI=1S/C38H55N7O6S.C2H4O2/c39-30-16-19-45(20-17-30)52(50,51)25-29(21-27-9-3-1-4-10-27)37(48)44-34(23-32-24-40-26-42-32)38(49)43-33(22-28-11-5-2-6-12-28)36(47)35(46)15-14-31-13-7-8-18-41-31;1-2(3)4/h1,3-4,7-10,13,18,24,26,28-30,33-36,46-47H,2,5-6,11-12,14-17,19-23,25,39H2,(H,40,42)(H,43,49)(H,44,48);1H3,(H,3,4)/t29-,33-,34-,35-,36+;/m0./s1. The number of imidazole rings is 1. The molecule has 2 fully saturated rings. The Morgan fingerprint density at radius 2 is 1.59 bits per heavy atom. The highest BCUT2D eigenvalue weighted by Crippen LogP contribution is 2.29. The minimum absolute atomic E-state index is 0.0321. The van der Waals surface area contributed by atoms with Gasteiger partial charge in [0.25, 0.3) is 5.97 Å². The van der Waals surface area contributed by atoms with Crippen molar-refractivity contribution in [2.45, 2.75) is 114 Å². The third-order valence-corrected chi connectivity index (χ3v) is 12.4. The first-order valence-corrected chi connectivity index (χ1v) is 21.2. The molecule has 0 spiro atoms. The van der Waals surface area contributed by atoms with Crippen LogP contribution in [-0.4, -0.2) is 110 Å². The first kappa shape index (κ1) is 44.5. The number of aryl methyl sites for hydroxylation is 1. The predicted octanol–water partition coefficient (Wildman–Crippen LogP) is 2.34. The topological polar surface area (TPSA) is 241 Å². The van der Waals surface area contributed by atoms with Gasteiger partial charge in [-0.2, -0.15) is 0 Å². The van der Waals surface area contributed by atoms with E-state index in [1.807, 2.05) is 48.5 Å². The van der Waals surface area contributed by atoms with Crippen LogP contribution in [0.15, 0.2) is 67.3 Å². The molecule has 1 aromatic carbocycles. The van der Waals surface area contributed by atoms with Crippen molar-refractivity contribution in [2.75, 3.05) is 18.8 Å². The van der Waals surface area contributed by atoms with Gasteiger partial charge in [-0.3, -0.25) is 19.4 Å². The number of carbonyl (C=O) groups excluding carboxylic acids is 2. The van der Waals surface area contributed by atoms with Crippen molar-refractivity contribution >= 4 is 27.8 Å². The summed E-state index contributed by atoms with van der Waals surface area (Å²) in [4.78, 5) is 48.8. The van der Waals surface area contributed by atoms with E-state index in [4.69, 9.17) is 15.6 Å². The number of carboxylic acid groups (broad SMARTS) is 1. The van der Waals surface area contributed by atoms with Gasteiger partial charge >= 0.3 is 0 Å². The van der Waals surface area contributed by atoms with Crippen molar-refractivity contribution in [2.24, 2.45) is 17.6 Å². The van der Waals surface area contributed by atoms with Gasteiger partial charge in [-0.15, -0.1) is 0 Å². The third kappa shape index (κ3) is 15.0. The van der Waals surface area contributed by atoms with Crippen molar-refractivity contribution in [1.29, 1.82) is 0 Å². The average Bonchev–Trinajstić information content (AvgIpc) is 3.70. The number of amides is 2. The number of pyridine rings is 1. The van der Waals surface area contributed by atoms with Gasteiger partial charge in [0.2, 0.25) is 21.8 Å². The van der Waals surface area contributed by atoms with E-state index >= 15 is 0 Å². The Labute approximate surface area is 330 Å². The van der Waals surface area contributed by atoms with Gasteiger partial charge < -0.3 is 36.7 Å². The van der Waals surface area contributed by atoms with Crippen molar-refractivity contribution < 1.29 is 38.1 Å². The van der Waals surface area contributed by atoms with Crippen LogP contribution in [0.4, 0.5) is 0 Å². The number of benzene rings is 1. The number of aliphatic carboxylic acids is 1. The fourth-order valence-corrected chi connectivity index (χ4v) is 9.14. The molecule has 16 heteroatoms. The number of aliphatic hydroxyl groups is 2. The molecule has 15 nitrogen and oxygen atoms in total. The number of rotatable bonds is 18. The zero-order chi connectivity index (χ0) is 40.5. The number of hydrogen-bond donors (Lipinski definition) is 7. The van der Waals surface area contributed by atoms with Gasteiger partial charge in [0.1, 0.15) is 12.1 Å². The second-order valence-corrected chi connectivity index (χ2v) is 17.0. The molecule has 56 heavy (non-hydrogen) atoms. The lowest BCUT2D eigenvalue weighted by Crippen LogP contribution is -2.57. The Kier molecular flexibility index (Phi) is 17.9. The number of nitrogens with two attached hydrogens (primary N) is 1. The summed E-state index contributed by atoms with van der Waals surface area (Å²) < 4.78 is 28.7. The van der Waals surface area contributed by atoms with E-state index in [0.717, 1.165) is 50.3 Å². The largest absolute Gasteiger partial charge is 0.481 e. The number of carbonyl (C=O) groups is 3. The normalized spacial score (nSPS) is 18.4. The Bertz CT molecular complexity index is 1720. The summed E-state index contributed by atoms with van der Waals surface area (Å²) in [5, 5.41) is 35.9. The molecule has 2 aromatic heterocycles. The number of aliphatic hydroxyl groups excluding tert-OH is 2.